The molecule has 8 heteroatoms. The van der Waals surface area contributed by atoms with E-state index in [-0.39, 0.29) is 11.9 Å². The fourth-order valence-electron chi connectivity index (χ4n) is 4.25. The number of furan rings is 1. The van der Waals surface area contributed by atoms with Gasteiger partial charge in [0.1, 0.15) is 17.2 Å². The number of carbonyl (C=O) groups excluding carboxylic acids is 1. The van der Waals surface area contributed by atoms with Gasteiger partial charge < -0.3 is 14.5 Å². The number of morpholine rings is 1. The Balaban J connectivity index is 1.37. The first-order valence-electron chi connectivity index (χ1n) is 11.5. The molecule has 1 atom stereocenters. The Bertz CT molecular complexity index is 1210. The van der Waals surface area contributed by atoms with E-state index in [1.165, 1.54) is 0 Å². The zero-order valence-corrected chi connectivity index (χ0v) is 20.0. The summed E-state index contributed by atoms with van der Waals surface area (Å²) in [5.74, 6) is 1.59. The molecule has 34 heavy (non-hydrogen) atoms. The van der Waals surface area contributed by atoms with Crippen molar-refractivity contribution < 1.29 is 13.9 Å². The maximum atomic E-state index is 13.4. The third-order valence-electron chi connectivity index (χ3n) is 5.98. The Hall–Kier alpha value is -3.20. The van der Waals surface area contributed by atoms with Crippen LogP contribution in [0.15, 0.2) is 70.6 Å². The highest BCUT2D eigenvalue weighted by molar-refractivity contribution is 7.13. The van der Waals surface area contributed by atoms with Gasteiger partial charge in [-0.3, -0.25) is 14.4 Å². The van der Waals surface area contributed by atoms with Crippen LogP contribution in [0.5, 0.6) is 0 Å². The maximum Gasteiger partial charge on any atom is 0.255 e. The van der Waals surface area contributed by atoms with Crippen molar-refractivity contribution in [1.82, 2.24) is 20.0 Å². The third-order valence-corrected chi connectivity index (χ3v) is 6.86. The Morgan fingerprint density at radius 2 is 1.94 bits per heavy atom. The number of nitrogens with zero attached hydrogens (tertiary/aromatic N) is 3. The number of aryl methyl sites for hydroxylation is 1. The largest absolute Gasteiger partial charge is 0.465 e. The highest BCUT2D eigenvalue weighted by Crippen LogP contribution is 2.28. The van der Waals surface area contributed by atoms with Crippen LogP contribution >= 0.6 is 11.3 Å². The SMILES string of the molecule is Cc1ccc(C(CNC(=O)c2cn(Cc3ccccc3)nc2-c2cccs2)N2CCOCC2)o1. The van der Waals surface area contributed by atoms with Gasteiger partial charge in [0.25, 0.3) is 5.91 Å². The minimum Gasteiger partial charge on any atom is -0.465 e. The van der Waals surface area contributed by atoms with Crippen molar-refractivity contribution in [3.63, 3.8) is 0 Å². The van der Waals surface area contributed by atoms with Crippen molar-refractivity contribution in [3.05, 3.63) is 88.8 Å². The van der Waals surface area contributed by atoms with Crippen molar-refractivity contribution >= 4 is 17.2 Å². The molecule has 1 amide bonds. The van der Waals surface area contributed by atoms with Crippen molar-refractivity contribution in [3.8, 4) is 10.6 Å². The molecule has 1 unspecified atom stereocenters. The summed E-state index contributed by atoms with van der Waals surface area (Å²) in [6.45, 7) is 5.95. The van der Waals surface area contributed by atoms with Gasteiger partial charge in [-0.05, 0) is 36.1 Å². The number of carbonyl (C=O) groups is 1. The molecule has 1 N–H and O–H groups in total. The highest BCUT2D eigenvalue weighted by atomic mass is 32.1. The molecular formula is C26H28N4O3S. The van der Waals surface area contributed by atoms with Crippen LogP contribution < -0.4 is 5.32 Å². The molecule has 0 aliphatic carbocycles. The smallest absolute Gasteiger partial charge is 0.255 e. The van der Waals surface area contributed by atoms with Gasteiger partial charge >= 0.3 is 0 Å². The Morgan fingerprint density at radius 1 is 1.12 bits per heavy atom. The lowest BCUT2D eigenvalue weighted by Gasteiger charge is -2.33. The zero-order chi connectivity index (χ0) is 23.3. The second-order valence-corrected chi connectivity index (χ2v) is 9.32. The number of thiophene rings is 1. The lowest BCUT2D eigenvalue weighted by Crippen LogP contribution is -2.43. The summed E-state index contributed by atoms with van der Waals surface area (Å²) in [6, 6.07) is 18.0. The van der Waals surface area contributed by atoms with Gasteiger partial charge in [0.05, 0.1) is 36.2 Å². The first-order chi connectivity index (χ1) is 16.7. The Labute approximate surface area is 203 Å². The molecule has 176 valence electrons. The number of benzene rings is 1. The van der Waals surface area contributed by atoms with Crippen LogP contribution in [0, 0.1) is 6.92 Å². The van der Waals surface area contributed by atoms with Crippen LogP contribution in [0.1, 0.15) is 33.5 Å². The van der Waals surface area contributed by atoms with E-state index in [1.807, 2.05) is 65.6 Å². The lowest BCUT2D eigenvalue weighted by atomic mass is 10.1. The van der Waals surface area contributed by atoms with Crippen LogP contribution in [0.25, 0.3) is 10.6 Å². The molecular weight excluding hydrogens is 448 g/mol. The monoisotopic (exact) mass is 476 g/mol. The van der Waals surface area contributed by atoms with E-state index in [0.717, 1.165) is 35.1 Å². The number of hydrogen-bond acceptors (Lipinski definition) is 6. The molecule has 4 heterocycles. The van der Waals surface area contributed by atoms with Gasteiger partial charge in [-0.2, -0.15) is 5.10 Å². The lowest BCUT2D eigenvalue weighted by molar-refractivity contribution is 0.0117. The van der Waals surface area contributed by atoms with Crippen molar-refractivity contribution in [2.75, 3.05) is 32.8 Å². The number of rotatable bonds is 8. The maximum absolute atomic E-state index is 13.4. The summed E-state index contributed by atoms with van der Waals surface area (Å²) in [5, 5.41) is 9.92. The second kappa shape index (κ2) is 10.4. The Morgan fingerprint density at radius 3 is 2.65 bits per heavy atom. The van der Waals surface area contributed by atoms with Gasteiger partial charge in [-0.25, -0.2) is 0 Å². The molecule has 1 saturated heterocycles. The normalized spacial score (nSPS) is 15.3. The average molecular weight is 477 g/mol. The highest BCUT2D eigenvalue weighted by Gasteiger charge is 2.27. The Kier molecular flexibility index (Phi) is 6.89. The first-order valence-corrected chi connectivity index (χ1v) is 12.4. The molecule has 0 bridgehead atoms. The molecule has 1 aliphatic heterocycles. The molecule has 3 aromatic heterocycles. The topological polar surface area (TPSA) is 72.5 Å². The number of nitrogens with one attached hydrogen (secondary N) is 1. The van der Waals surface area contributed by atoms with Crippen LogP contribution in [0.4, 0.5) is 0 Å². The predicted octanol–water partition coefficient (Wildman–Crippen LogP) is 4.36. The summed E-state index contributed by atoms with van der Waals surface area (Å²) in [4.78, 5) is 16.7. The van der Waals surface area contributed by atoms with Gasteiger partial charge in [0.15, 0.2) is 0 Å². The van der Waals surface area contributed by atoms with Gasteiger partial charge in [0, 0.05) is 25.8 Å². The number of ether oxygens (including phenoxy) is 1. The van der Waals surface area contributed by atoms with E-state index < -0.39 is 0 Å². The quantitative estimate of drug-likeness (QED) is 0.409. The minimum atomic E-state index is -0.135. The van der Waals surface area contributed by atoms with Gasteiger partial charge in [-0.1, -0.05) is 36.4 Å². The predicted molar refractivity (Wildman–Crippen MR) is 132 cm³/mol. The number of amides is 1. The fraction of sp³-hybridized carbons (Fsp3) is 0.308. The summed E-state index contributed by atoms with van der Waals surface area (Å²) in [6.07, 6.45) is 1.85. The summed E-state index contributed by atoms with van der Waals surface area (Å²) in [5.41, 5.74) is 2.42. The standard InChI is InChI=1S/C26H28N4O3S/c1-19-9-10-23(33-19)22(29-11-13-32-14-12-29)16-27-26(31)21-18-30(17-20-6-3-2-4-7-20)28-25(21)24-8-5-15-34-24/h2-10,15,18,22H,11-14,16-17H2,1H3,(H,27,31). The molecule has 1 fully saturated rings. The fourth-order valence-corrected chi connectivity index (χ4v) is 4.97. The molecule has 1 aromatic carbocycles. The average Bonchev–Trinajstić information content (AvgIpc) is 3.62. The molecule has 5 rings (SSSR count). The van der Waals surface area contributed by atoms with E-state index >= 15 is 0 Å². The second-order valence-electron chi connectivity index (χ2n) is 8.37. The molecule has 7 nitrogen and oxygen atoms in total. The van der Waals surface area contributed by atoms with Crippen LogP contribution in [-0.2, 0) is 11.3 Å². The van der Waals surface area contributed by atoms with E-state index in [4.69, 9.17) is 14.3 Å². The van der Waals surface area contributed by atoms with Gasteiger partial charge in [-0.15, -0.1) is 11.3 Å². The third kappa shape index (κ3) is 5.14. The zero-order valence-electron chi connectivity index (χ0n) is 19.1. The number of hydrogen-bond donors (Lipinski definition) is 1. The van der Waals surface area contributed by atoms with Crippen molar-refractivity contribution in [1.29, 1.82) is 0 Å². The van der Waals surface area contributed by atoms with E-state index in [2.05, 4.69) is 22.3 Å². The van der Waals surface area contributed by atoms with Crippen molar-refractivity contribution in [2.45, 2.75) is 19.5 Å². The van der Waals surface area contributed by atoms with Crippen LogP contribution in [0.2, 0.25) is 0 Å². The first kappa shape index (κ1) is 22.6. The molecule has 0 radical (unpaired) electrons. The molecule has 0 spiro atoms. The van der Waals surface area contributed by atoms with Crippen molar-refractivity contribution in [2.24, 2.45) is 0 Å². The molecule has 4 aromatic rings. The molecule has 0 saturated carbocycles. The summed E-state index contributed by atoms with van der Waals surface area (Å²) < 4.78 is 13.3. The number of aromatic nitrogens is 2. The minimum absolute atomic E-state index is 0.0499. The summed E-state index contributed by atoms with van der Waals surface area (Å²) in [7, 11) is 0. The van der Waals surface area contributed by atoms with Crippen LogP contribution in [0.3, 0.4) is 0 Å². The van der Waals surface area contributed by atoms with Gasteiger partial charge in [0.2, 0.25) is 0 Å². The van der Waals surface area contributed by atoms with E-state index in [0.29, 0.717) is 37.6 Å². The van der Waals surface area contributed by atoms with Crippen LogP contribution in [-0.4, -0.2) is 53.4 Å². The van der Waals surface area contributed by atoms with E-state index in [9.17, 15) is 4.79 Å². The molecule has 1 aliphatic rings. The van der Waals surface area contributed by atoms with E-state index in [1.54, 1.807) is 11.3 Å². The summed E-state index contributed by atoms with van der Waals surface area (Å²) >= 11 is 1.58.